The van der Waals surface area contributed by atoms with Crippen LogP contribution in [0.2, 0.25) is 0 Å². The van der Waals surface area contributed by atoms with Crippen molar-refractivity contribution >= 4 is 16.7 Å². The molecule has 126 valence electrons. The van der Waals surface area contributed by atoms with Gasteiger partial charge in [0.2, 0.25) is 5.91 Å². The molecule has 0 radical (unpaired) electrons. The van der Waals surface area contributed by atoms with E-state index in [0.717, 1.165) is 31.3 Å². The zero-order valence-corrected chi connectivity index (χ0v) is 13.6. The molecule has 6 nitrogen and oxygen atoms in total. The SMILES string of the molecule is O=C(Cn1ncc2ccccc2c1=O)N[C@H]1CCN2CCCC[C@@H]12. The van der Waals surface area contributed by atoms with Crippen molar-refractivity contribution in [2.75, 3.05) is 13.1 Å². The smallest absolute Gasteiger partial charge is 0.275 e. The molecule has 0 spiro atoms. The average Bonchev–Trinajstić information content (AvgIpc) is 3.01. The lowest BCUT2D eigenvalue weighted by molar-refractivity contribution is -0.122. The molecule has 4 rings (SSSR count). The monoisotopic (exact) mass is 326 g/mol. The van der Waals surface area contributed by atoms with Gasteiger partial charge in [-0.15, -0.1) is 0 Å². The van der Waals surface area contributed by atoms with Crippen molar-refractivity contribution < 1.29 is 4.79 Å². The fourth-order valence-corrected chi connectivity index (χ4v) is 4.04. The minimum absolute atomic E-state index is 0.0209. The first-order valence-corrected chi connectivity index (χ1v) is 8.71. The van der Waals surface area contributed by atoms with Crippen LogP contribution in [-0.4, -0.2) is 45.8 Å². The lowest BCUT2D eigenvalue weighted by atomic mass is 9.99. The molecule has 2 aromatic rings. The van der Waals surface area contributed by atoms with Gasteiger partial charge < -0.3 is 5.32 Å². The van der Waals surface area contributed by atoms with Crippen molar-refractivity contribution in [3.63, 3.8) is 0 Å². The molecule has 2 aliphatic rings. The Hall–Kier alpha value is -2.21. The Morgan fingerprint density at radius 1 is 1.21 bits per heavy atom. The molecule has 0 bridgehead atoms. The van der Waals surface area contributed by atoms with Gasteiger partial charge in [0.15, 0.2) is 0 Å². The van der Waals surface area contributed by atoms with Crippen LogP contribution in [0.3, 0.4) is 0 Å². The molecule has 0 aliphatic carbocycles. The van der Waals surface area contributed by atoms with Gasteiger partial charge in [0.25, 0.3) is 5.56 Å². The number of rotatable bonds is 3. The first-order valence-electron chi connectivity index (χ1n) is 8.71. The molecule has 3 heterocycles. The quantitative estimate of drug-likeness (QED) is 0.918. The van der Waals surface area contributed by atoms with Gasteiger partial charge >= 0.3 is 0 Å². The molecule has 1 amide bonds. The molecule has 2 atom stereocenters. The van der Waals surface area contributed by atoms with Crippen molar-refractivity contribution in [3.8, 4) is 0 Å². The normalized spacial score (nSPS) is 24.0. The van der Waals surface area contributed by atoms with Crippen molar-refractivity contribution in [1.82, 2.24) is 20.0 Å². The third-order valence-corrected chi connectivity index (χ3v) is 5.26. The lowest BCUT2D eigenvalue weighted by Gasteiger charge is -2.32. The Bertz CT molecular complexity index is 816. The van der Waals surface area contributed by atoms with Crippen LogP contribution in [0.5, 0.6) is 0 Å². The molecule has 2 fully saturated rings. The van der Waals surface area contributed by atoms with E-state index in [1.165, 1.54) is 17.5 Å². The van der Waals surface area contributed by atoms with E-state index < -0.39 is 0 Å². The van der Waals surface area contributed by atoms with Crippen LogP contribution in [-0.2, 0) is 11.3 Å². The highest BCUT2D eigenvalue weighted by atomic mass is 16.2. The summed E-state index contributed by atoms with van der Waals surface area (Å²) in [6, 6.07) is 7.98. The number of aromatic nitrogens is 2. The summed E-state index contributed by atoms with van der Waals surface area (Å²) in [7, 11) is 0. The number of carbonyl (C=O) groups is 1. The second kappa shape index (κ2) is 6.36. The third-order valence-electron chi connectivity index (χ3n) is 5.26. The summed E-state index contributed by atoms with van der Waals surface area (Å²) in [6.45, 7) is 2.18. The fraction of sp³-hybridized carbons (Fsp3) is 0.500. The summed E-state index contributed by atoms with van der Waals surface area (Å²) in [6.07, 6.45) is 6.28. The highest BCUT2D eigenvalue weighted by Crippen LogP contribution is 2.27. The molecule has 24 heavy (non-hydrogen) atoms. The minimum Gasteiger partial charge on any atom is -0.350 e. The number of benzene rings is 1. The van der Waals surface area contributed by atoms with E-state index in [1.54, 1.807) is 12.3 Å². The summed E-state index contributed by atoms with van der Waals surface area (Å²) in [5, 5.41) is 8.65. The first kappa shape index (κ1) is 15.3. The zero-order chi connectivity index (χ0) is 16.5. The van der Waals surface area contributed by atoms with E-state index in [1.807, 2.05) is 18.2 Å². The van der Waals surface area contributed by atoms with Crippen molar-refractivity contribution in [2.24, 2.45) is 0 Å². The van der Waals surface area contributed by atoms with Crippen LogP contribution in [0, 0.1) is 0 Å². The highest BCUT2D eigenvalue weighted by molar-refractivity contribution is 5.81. The van der Waals surface area contributed by atoms with Crippen LogP contribution in [0.1, 0.15) is 25.7 Å². The van der Waals surface area contributed by atoms with Gasteiger partial charge in [-0.1, -0.05) is 24.6 Å². The number of carbonyl (C=O) groups excluding carboxylic acids is 1. The first-order chi connectivity index (χ1) is 11.7. The summed E-state index contributed by atoms with van der Waals surface area (Å²) < 4.78 is 1.26. The Labute approximate surface area is 140 Å². The molecule has 0 saturated carbocycles. The van der Waals surface area contributed by atoms with Crippen LogP contribution < -0.4 is 10.9 Å². The lowest BCUT2D eigenvalue weighted by Crippen LogP contribution is -2.48. The predicted octanol–water partition coefficient (Wildman–Crippen LogP) is 1.14. The Morgan fingerprint density at radius 2 is 2.08 bits per heavy atom. The maximum Gasteiger partial charge on any atom is 0.275 e. The number of nitrogens with zero attached hydrogens (tertiary/aromatic N) is 3. The third kappa shape index (κ3) is 2.82. The number of hydrogen-bond donors (Lipinski definition) is 1. The number of piperidine rings is 1. The maximum absolute atomic E-state index is 12.4. The minimum atomic E-state index is -0.214. The molecule has 1 aromatic carbocycles. The second-order valence-corrected chi connectivity index (χ2v) is 6.76. The fourth-order valence-electron chi connectivity index (χ4n) is 4.04. The summed E-state index contributed by atoms with van der Waals surface area (Å²) in [4.78, 5) is 27.3. The largest absolute Gasteiger partial charge is 0.350 e. The van der Waals surface area contributed by atoms with Gasteiger partial charge in [-0.25, -0.2) is 4.68 Å². The zero-order valence-electron chi connectivity index (χ0n) is 13.6. The molecule has 0 unspecified atom stereocenters. The summed E-state index contributed by atoms with van der Waals surface area (Å²) in [5.41, 5.74) is -0.214. The average molecular weight is 326 g/mol. The Morgan fingerprint density at radius 3 is 3.00 bits per heavy atom. The Kier molecular flexibility index (Phi) is 4.06. The molecule has 1 N–H and O–H groups in total. The van der Waals surface area contributed by atoms with E-state index in [0.29, 0.717) is 11.4 Å². The van der Waals surface area contributed by atoms with E-state index in [9.17, 15) is 9.59 Å². The van der Waals surface area contributed by atoms with Crippen molar-refractivity contribution in [1.29, 1.82) is 0 Å². The molecular weight excluding hydrogens is 304 g/mol. The van der Waals surface area contributed by atoms with Crippen molar-refractivity contribution in [2.45, 2.75) is 44.3 Å². The van der Waals surface area contributed by atoms with Crippen LogP contribution in [0.25, 0.3) is 10.8 Å². The van der Waals surface area contributed by atoms with Gasteiger partial charge in [-0.3, -0.25) is 14.5 Å². The molecule has 2 aliphatic heterocycles. The van der Waals surface area contributed by atoms with Crippen molar-refractivity contribution in [3.05, 3.63) is 40.8 Å². The van der Waals surface area contributed by atoms with Gasteiger partial charge in [-0.05, 0) is 31.9 Å². The van der Waals surface area contributed by atoms with Crippen LogP contribution in [0.4, 0.5) is 0 Å². The molecular formula is C18H22N4O2. The highest BCUT2D eigenvalue weighted by Gasteiger charge is 2.36. The van der Waals surface area contributed by atoms with Crippen LogP contribution >= 0.6 is 0 Å². The van der Waals surface area contributed by atoms with E-state index in [-0.39, 0.29) is 24.1 Å². The number of fused-ring (bicyclic) bond motifs is 2. The van der Waals surface area contributed by atoms with E-state index >= 15 is 0 Å². The second-order valence-electron chi connectivity index (χ2n) is 6.76. The summed E-state index contributed by atoms with van der Waals surface area (Å²) >= 11 is 0. The molecule has 2 saturated heterocycles. The molecule has 1 aromatic heterocycles. The van der Waals surface area contributed by atoms with Crippen LogP contribution in [0.15, 0.2) is 35.3 Å². The number of hydrogen-bond acceptors (Lipinski definition) is 4. The van der Waals surface area contributed by atoms with Gasteiger partial charge in [-0.2, -0.15) is 5.10 Å². The number of nitrogens with one attached hydrogen (secondary N) is 1. The standard InChI is InChI=1S/C18H22N4O2/c23-17(20-15-8-10-21-9-4-3-7-16(15)21)12-22-18(24)14-6-2-1-5-13(14)11-19-22/h1-2,5-6,11,15-16H,3-4,7-10,12H2,(H,20,23)/t15-,16-/m0/s1. The van der Waals surface area contributed by atoms with E-state index in [4.69, 9.17) is 0 Å². The Balaban J connectivity index is 1.47. The predicted molar refractivity (Wildman–Crippen MR) is 91.8 cm³/mol. The van der Waals surface area contributed by atoms with Gasteiger partial charge in [0, 0.05) is 24.0 Å². The van der Waals surface area contributed by atoms with E-state index in [2.05, 4.69) is 15.3 Å². The topological polar surface area (TPSA) is 67.2 Å². The van der Waals surface area contributed by atoms with Gasteiger partial charge in [0.1, 0.15) is 6.54 Å². The maximum atomic E-state index is 12.4. The number of amides is 1. The molecule has 6 heteroatoms. The van der Waals surface area contributed by atoms with Gasteiger partial charge in [0.05, 0.1) is 11.6 Å². The summed E-state index contributed by atoms with van der Waals surface area (Å²) in [5.74, 6) is -0.127.